The molecule has 0 heterocycles. The van der Waals surface area contributed by atoms with Crippen LogP contribution in [0.3, 0.4) is 0 Å². The van der Waals surface area contributed by atoms with Crippen molar-refractivity contribution < 1.29 is 18.6 Å². The molecule has 110 valence electrons. The highest BCUT2D eigenvalue weighted by atomic mass is 19.1. The van der Waals surface area contributed by atoms with E-state index in [9.17, 15) is 13.9 Å². The normalized spacial score (nSPS) is 10.5. The summed E-state index contributed by atoms with van der Waals surface area (Å²) in [6.07, 6.45) is 0. The molecule has 0 spiro atoms. The van der Waals surface area contributed by atoms with Gasteiger partial charge in [0.25, 0.3) is 0 Å². The van der Waals surface area contributed by atoms with Gasteiger partial charge in [0.05, 0.1) is 5.56 Å². The molecule has 22 heavy (non-hydrogen) atoms. The van der Waals surface area contributed by atoms with E-state index in [1.54, 1.807) is 48.5 Å². The van der Waals surface area contributed by atoms with Crippen LogP contribution < -0.4 is 4.74 Å². The van der Waals surface area contributed by atoms with Gasteiger partial charge in [0.2, 0.25) is 0 Å². The molecule has 0 aliphatic heterocycles. The first-order valence-corrected chi connectivity index (χ1v) is 6.65. The second-order valence-electron chi connectivity index (χ2n) is 4.70. The molecule has 3 aromatic carbocycles. The Morgan fingerprint density at radius 2 is 1.36 bits per heavy atom. The number of aromatic hydroxyl groups is 1. The van der Waals surface area contributed by atoms with Gasteiger partial charge < -0.3 is 9.84 Å². The second-order valence-corrected chi connectivity index (χ2v) is 4.70. The lowest BCUT2D eigenvalue weighted by Crippen LogP contribution is -1.94. The monoisotopic (exact) mass is 298 g/mol. The zero-order valence-electron chi connectivity index (χ0n) is 11.5. The Morgan fingerprint density at radius 3 is 2.05 bits per heavy atom. The number of benzene rings is 3. The zero-order valence-corrected chi connectivity index (χ0v) is 11.5. The van der Waals surface area contributed by atoms with Crippen LogP contribution in [0.15, 0.2) is 66.7 Å². The SMILES string of the molecule is Oc1cc(F)c(-c2ccccc2Oc2ccccc2)c(F)c1. The predicted molar refractivity (Wildman–Crippen MR) is 80.0 cm³/mol. The van der Waals surface area contributed by atoms with E-state index in [0.29, 0.717) is 11.5 Å². The lowest BCUT2D eigenvalue weighted by molar-refractivity contribution is 0.460. The summed E-state index contributed by atoms with van der Waals surface area (Å²) in [6.45, 7) is 0. The molecule has 0 atom stereocenters. The molecule has 0 radical (unpaired) electrons. The van der Waals surface area contributed by atoms with Crippen LogP contribution in [-0.4, -0.2) is 5.11 Å². The van der Waals surface area contributed by atoms with Gasteiger partial charge in [0, 0.05) is 17.7 Å². The molecule has 0 aliphatic rings. The Hall–Kier alpha value is -2.88. The van der Waals surface area contributed by atoms with Crippen LogP contribution in [0.2, 0.25) is 0 Å². The van der Waals surface area contributed by atoms with Crippen molar-refractivity contribution in [3.8, 4) is 28.4 Å². The maximum Gasteiger partial charge on any atom is 0.137 e. The molecule has 0 aromatic heterocycles. The van der Waals surface area contributed by atoms with Gasteiger partial charge in [-0.3, -0.25) is 0 Å². The van der Waals surface area contributed by atoms with Crippen molar-refractivity contribution in [2.75, 3.05) is 0 Å². The van der Waals surface area contributed by atoms with E-state index in [1.807, 2.05) is 6.07 Å². The number of hydrogen-bond acceptors (Lipinski definition) is 2. The van der Waals surface area contributed by atoms with E-state index in [-0.39, 0.29) is 11.1 Å². The van der Waals surface area contributed by atoms with Crippen molar-refractivity contribution in [2.24, 2.45) is 0 Å². The highest BCUT2D eigenvalue weighted by Crippen LogP contribution is 2.37. The number of rotatable bonds is 3. The summed E-state index contributed by atoms with van der Waals surface area (Å²) in [6, 6.07) is 17.3. The van der Waals surface area contributed by atoms with Crippen molar-refractivity contribution >= 4 is 0 Å². The number of halogens is 2. The maximum absolute atomic E-state index is 14.1. The van der Waals surface area contributed by atoms with Crippen LogP contribution in [-0.2, 0) is 0 Å². The number of ether oxygens (including phenoxy) is 1. The fraction of sp³-hybridized carbons (Fsp3) is 0. The van der Waals surface area contributed by atoms with Crippen LogP contribution in [0.4, 0.5) is 8.78 Å². The molecule has 0 amide bonds. The molecule has 0 saturated heterocycles. The van der Waals surface area contributed by atoms with E-state index in [1.165, 1.54) is 0 Å². The smallest absolute Gasteiger partial charge is 0.137 e. The van der Waals surface area contributed by atoms with Gasteiger partial charge in [-0.2, -0.15) is 0 Å². The van der Waals surface area contributed by atoms with Gasteiger partial charge in [-0.25, -0.2) is 8.78 Å². The third kappa shape index (κ3) is 2.76. The van der Waals surface area contributed by atoms with Crippen LogP contribution in [0, 0.1) is 11.6 Å². The first kappa shape index (κ1) is 14.1. The topological polar surface area (TPSA) is 29.5 Å². The van der Waals surface area contributed by atoms with Crippen molar-refractivity contribution in [3.05, 3.63) is 78.4 Å². The summed E-state index contributed by atoms with van der Waals surface area (Å²) >= 11 is 0. The molecule has 0 saturated carbocycles. The Kier molecular flexibility index (Phi) is 3.74. The third-order valence-corrected chi connectivity index (χ3v) is 3.15. The van der Waals surface area contributed by atoms with Crippen LogP contribution in [0.25, 0.3) is 11.1 Å². The highest BCUT2D eigenvalue weighted by Gasteiger charge is 2.17. The van der Waals surface area contributed by atoms with E-state index >= 15 is 0 Å². The number of hydrogen-bond donors (Lipinski definition) is 1. The summed E-state index contributed by atoms with van der Waals surface area (Å²) in [5, 5.41) is 9.26. The third-order valence-electron chi connectivity index (χ3n) is 3.15. The van der Waals surface area contributed by atoms with Crippen LogP contribution in [0.5, 0.6) is 17.2 Å². The number of phenolic OH excluding ortho intramolecular Hbond substituents is 1. The average molecular weight is 298 g/mol. The molecular weight excluding hydrogens is 286 g/mol. The molecule has 4 heteroatoms. The van der Waals surface area contributed by atoms with E-state index in [2.05, 4.69) is 0 Å². The Morgan fingerprint density at radius 1 is 0.773 bits per heavy atom. The fourth-order valence-electron chi connectivity index (χ4n) is 2.19. The number of para-hydroxylation sites is 2. The Balaban J connectivity index is 2.09. The lowest BCUT2D eigenvalue weighted by atomic mass is 10.0. The molecule has 3 aromatic rings. The van der Waals surface area contributed by atoms with E-state index in [4.69, 9.17) is 4.74 Å². The molecule has 3 rings (SSSR count). The quantitative estimate of drug-likeness (QED) is 0.726. The van der Waals surface area contributed by atoms with Gasteiger partial charge in [0.15, 0.2) is 0 Å². The standard InChI is InChI=1S/C18H12F2O2/c19-15-10-12(21)11-16(20)18(15)14-8-4-5-9-17(14)22-13-6-2-1-3-7-13/h1-11,21H. The van der Waals surface area contributed by atoms with Crippen LogP contribution in [0.1, 0.15) is 0 Å². The minimum Gasteiger partial charge on any atom is -0.508 e. The average Bonchev–Trinajstić information content (AvgIpc) is 2.49. The minimum atomic E-state index is -0.846. The van der Waals surface area contributed by atoms with Crippen molar-refractivity contribution in [1.29, 1.82) is 0 Å². The highest BCUT2D eigenvalue weighted by molar-refractivity contribution is 5.72. The van der Waals surface area contributed by atoms with E-state index < -0.39 is 17.4 Å². The summed E-state index contributed by atoms with van der Waals surface area (Å²) in [5.74, 6) is -1.25. The zero-order chi connectivity index (χ0) is 15.5. The minimum absolute atomic E-state index is 0.232. The summed E-state index contributed by atoms with van der Waals surface area (Å²) in [5.41, 5.74) is 0.0469. The molecule has 1 N–H and O–H groups in total. The predicted octanol–water partition coefficient (Wildman–Crippen LogP) is 5.13. The van der Waals surface area contributed by atoms with Gasteiger partial charge in [-0.15, -0.1) is 0 Å². The van der Waals surface area contributed by atoms with Gasteiger partial charge in [0.1, 0.15) is 28.9 Å². The summed E-state index contributed by atoms with van der Waals surface area (Å²) in [7, 11) is 0. The second kappa shape index (κ2) is 5.85. The fourth-order valence-corrected chi connectivity index (χ4v) is 2.19. The lowest BCUT2D eigenvalue weighted by Gasteiger charge is -2.12. The van der Waals surface area contributed by atoms with Crippen molar-refractivity contribution in [2.45, 2.75) is 0 Å². The van der Waals surface area contributed by atoms with Gasteiger partial charge in [-0.1, -0.05) is 36.4 Å². The molecule has 0 bridgehead atoms. The molecule has 0 unspecified atom stereocenters. The van der Waals surface area contributed by atoms with Crippen molar-refractivity contribution in [3.63, 3.8) is 0 Å². The molecule has 2 nitrogen and oxygen atoms in total. The molecule has 0 aliphatic carbocycles. The Labute approximate surface area is 126 Å². The van der Waals surface area contributed by atoms with E-state index in [0.717, 1.165) is 12.1 Å². The van der Waals surface area contributed by atoms with Gasteiger partial charge >= 0.3 is 0 Å². The number of phenols is 1. The molecular formula is C18H12F2O2. The Bertz CT molecular complexity index is 778. The first-order chi connectivity index (χ1) is 10.6. The van der Waals surface area contributed by atoms with Crippen molar-refractivity contribution in [1.82, 2.24) is 0 Å². The van der Waals surface area contributed by atoms with Gasteiger partial charge in [-0.05, 0) is 18.2 Å². The summed E-state index contributed by atoms with van der Waals surface area (Å²) < 4.78 is 33.8. The van der Waals surface area contributed by atoms with Crippen LogP contribution >= 0.6 is 0 Å². The molecule has 0 fully saturated rings. The first-order valence-electron chi connectivity index (χ1n) is 6.65. The summed E-state index contributed by atoms with van der Waals surface area (Å²) in [4.78, 5) is 0. The largest absolute Gasteiger partial charge is 0.508 e. The maximum atomic E-state index is 14.1.